The minimum absolute atomic E-state index is 0.148. The predicted molar refractivity (Wildman–Crippen MR) is 117 cm³/mol. The quantitative estimate of drug-likeness (QED) is 0.456. The zero-order valence-electron chi connectivity index (χ0n) is 16.6. The first kappa shape index (κ1) is 19.5. The normalized spacial score (nSPS) is 24.8. The average Bonchev–Trinajstić information content (AvgIpc) is 2.72. The van der Waals surface area contributed by atoms with E-state index in [2.05, 4.69) is 31.0 Å². The fourth-order valence-electron chi connectivity index (χ4n) is 4.19. The van der Waals surface area contributed by atoms with Crippen molar-refractivity contribution in [2.45, 2.75) is 32.0 Å². The summed E-state index contributed by atoms with van der Waals surface area (Å²) in [7, 11) is 0. The van der Waals surface area contributed by atoms with Crippen molar-refractivity contribution in [3.05, 3.63) is 72.3 Å². The van der Waals surface area contributed by atoms with E-state index in [0.29, 0.717) is 5.11 Å². The van der Waals surface area contributed by atoms with Crippen molar-refractivity contribution >= 4 is 29.0 Å². The first-order chi connectivity index (χ1) is 14.0. The molecule has 0 amide bonds. The van der Waals surface area contributed by atoms with Crippen LogP contribution < -0.4 is 15.0 Å². The first-order valence-electron chi connectivity index (χ1n) is 9.74. The van der Waals surface area contributed by atoms with Crippen molar-refractivity contribution < 1.29 is 14.3 Å². The Hall–Kier alpha value is -2.86. The molecule has 2 aromatic rings. The van der Waals surface area contributed by atoms with Gasteiger partial charge in [-0.05, 0) is 49.3 Å². The van der Waals surface area contributed by atoms with E-state index in [1.54, 1.807) is 6.08 Å². The molecule has 0 unspecified atom stereocenters. The Morgan fingerprint density at radius 3 is 2.72 bits per heavy atom. The standard InChI is InChI=1S/C23H24N2O3S/c1-4-14-27-21(26)19-20-17-8-6-7-9-18(17)28-23(19,3)25(22(29)24-20)16-12-10-15(5-2)11-13-16/h4,6-13,19-20H,1,5,14H2,2-3H3,(H,24,29)/t19-,20+,23+/m1/s1. The second-order valence-electron chi connectivity index (χ2n) is 7.37. The topological polar surface area (TPSA) is 50.8 Å². The SMILES string of the molecule is C=CCOC(=O)[C@H]1[C@H]2NC(=S)N(c3ccc(CC)cc3)[C@@]1(C)Oc1ccccc12. The fraction of sp³-hybridized carbons (Fsp3) is 0.304. The summed E-state index contributed by atoms with van der Waals surface area (Å²) < 4.78 is 11.9. The number of carbonyl (C=O) groups excluding carboxylic acids is 1. The summed E-state index contributed by atoms with van der Waals surface area (Å²) in [5, 5.41) is 3.88. The van der Waals surface area contributed by atoms with Crippen molar-refractivity contribution in [2.75, 3.05) is 11.5 Å². The van der Waals surface area contributed by atoms with E-state index in [4.69, 9.17) is 21.7 Å². The number of nitrogens with zero attached hydrogens (tertiary/aromatic N) is 1. The molecule has 3 atom stereocenters. The van der Waals surface area contributed by atoms with Crippen LogP contribution in [0.2, 0.25) is 0 Å². The van der Waals surface area contributed by atoms with Crippen LogP contribution in [0.5, 0.6) is 5.75 Å². The zero-order chi connectivity index (χ0) is 20.6. The molecule has 29 heavy (non-hydrogen) atoms. The lowest BCUT2D eigenvalue weighted by molar-refractivity contribution is -0.159. The second kappa shape index (κ2) is 7.52. The van der Waals surface area contributed by atoms with Crippen LogP contribution in [0.25, 0.3) is 0 Å². The van der Waals surface area contributed by atoms with Gasteiger partial charge in [-0.15, -0.1) is 0 Å². The Kier molecular flexibility index (Phi) is 5.04. The van der Waals surface area contributed by atoms with Gasteiger partial charge < -0.3 is 14.8 Å². The summed E-state index contributed by atoms with van der Waals surface area (Å²) in [6.45, 7) is 7.80. The number of thiocarbonyl (C=S) groups is 1. The Bertz CT molecular complexity index is 959. The third-order valence-electron chi connectivity index (χ3n) is 5.61. The number of anilines is 1. The molecule has 5 nitrogen and oxygen atoms in total. The molecular formula is C23H24N2O3S. The molecule has 0 aliphatic carbocycles. The lowest BCUT2D eigenvalue weighted by Gasteiger charge is -2.55. The highest BCUT2D eigenvalue weighted by molar-refractivity contribution is 7.80. The highest BCUT2D eigenvalue weighted by atomic mass is 32.1. The average molecular weight is 409 g/mol. The lowest BCUT2D eigenvalue weighted by atomic mass is 9.79. The van der Waals surface area contributed by atoms with Crippen LogP contribution in [0.4, 0.5) is 5.69 Å². The molecule has 0 spiro atoms. The number of hydrogen-bond donors (Lipinski definition) is 1. The molecule has 0 radical (unpaired) electrons. The molecule has 1 fully saturated rings. The largest absolute Gasteiger partial charge is 0.466 e. The monoisotopic (exact) mass is 408 g/mol. The third kappa shape index (κ3) is 3.17. The van der Waals surface area contributed by atoms with Gasteiger partial charge in [0.1, 0.15) is 18.3 Å². The van der Waals surface area contributed by atoms with Gasteiger partial charge in [0.2, 0.25) is 5.72 Å². The van der Waals surface area contributed by atoms with Gasteiger partial charge in [-0.2, -0.15) is 0 Å². The van der Waals surface area contributed by atoms with E-state index in [-0.39, 0.29) is 18.6 Å². The molecule has 0 saturated carbocycles. The molecule has 150 valence electrons. The Labute approximate surface area is 176 Å². The molecule has 2 bridgehead atoms. The van der Waals surface area contributed by atoms with Crippen LogP contribution in [-0.4, -0.2) is 23.4 Å². The van der Waals surface area contributed by atoms with Crippen LogP contribution >= 0.6 is 12.2 Å². The number of rotatable bonds is 5. The van der Waals surface area contributed by atoms with Gasteiger partial charge in [0.05, 0.1) is 6.04 Å². The second-order valence-corrected chi connectivity index (χ2v) is 7.76. The lowest BCUT2D eigenvalue weighted by Crippen LogP contribution is -2.71. The molecule has 1 saturated heterocycles. The molecule has 6 heteroatoms. The smallest absolute Gasteiger partial charge is 0.317 e. The first-order valence-corrected chi connectivity index (χ1v) is 10.2. The van der Waals surface area contributed by atoms with E-state index in [1.807, 2.05) is 48.2 Å². The molecular weight excluding hydrogens is 384 g/mol. The van der Waals surface area contributed by atoms with Crippen molar-refractivity contribution in [2.24, 2.45) is 5.92 Å². The summed E-state index contributed by atoms with van der Waals surface area (Å²) in [5.74, 6) is -0.232. The van der Waals surface area contributed by atoms with Gasteiger partial charge in [-0.3, -0.25) is 9.69 Å². The Morgan fingerprint density at radius 1 is 1.31 bits per heavy atom. The molecule has 2 aliphatic rings. The molecule has 1 N–H and O–H groups in total. The number of ether oxygens (including phenoxy) is 2. The predicted octanol–water partition coefficient (Wildman–Crippen LogP) is 4.14. The number of esters is 1. The number of benzene rings is 2. The Morgan fingerprint density at radius 2 is 2.03 bits per heavy atom. The minimum atomic E-state index is -1.03. The fourth-order valence-corrected chi connectivity index (χ4v) is 4.60. The van der Waals surface area contributed by atoms with Crippen LogP contribution in [-0.2, 0) is 16.0 Å². The highest BCUT2D eigenvalue weighted by Gasteiger charge is 2.59. The molecule has 2 aromatic carbocycles. The maximum absolute atomic E-state index is 13.1. The van der Waals surface area contributed by atoms with Crippen LogP contribution in [0.15, 0.2) is 61.2 Å². The summed E-state index contributed by atoms with van der Waals surface area (Å²) in [4.78, 5) is 15.0. The van der Waals surface area contributed by atoms with E-state index in [1.165, 1.54) is 5.56 Å². The Balaban J connectivity index is 1.83. The number of fused-ring (bicyclic) bond motifs is 4. The van der Waals surface area contributed by atoms with Crippen molar-refractivity contribution in [1.82, 2.24) is 5.32 Å². The van der Waals surface area contributed by atoms with Crippen LogP contribution in [0, 0.1) is 5.92 Å². The van der Waals surface area contributed by atoms with Crippen molar-refractivity contribution in [1.29, 1.82) is 0 Å². The van der Waals surface area contributed by atoms with Gasteiger partial charge >= 0.3 is 5.97 Å². The van der Waals surface area contributed by atoms with Crippen LogP contribution in [0.1, 0.15) is 31.0 Å². The van der Waals surface area contributed by atoms with E-state index in [0.717, 1.165) is 23.4 Å². The maximum atomic E-state index is 13.1. The molecule has 4 rings (SSSR count). The van der Waals surface area contributed by atoms with Crippen molar-refractivity contribution in [3.63, 3.8) is 0 Å². The van der Waals surface area contributed by atoms with Gasteiger partial charge in [0, 0.05) is 11.3 Å². The van der Waals surface area contributed by atoms with E-state index < -0.39 is 11.6 Å². The van der Waals surface area contributed by atoms with E-state index >= 15 is 0 Å². The number of aryl methyl sites for hydroxylation is 1. The number of hydrogen-bond acceptors (Lipinski definition) is 4. The number of para-hydroxylation sites is 1. The highest BCUT2D eigenvalue weighted by Crippen LogP contribution is 2.49. The zero-order valence-corrected chi connectivity index (χ0v) is 17.4. The molecule has 2 aliphatic heterocycles. The summed E-state index contributed by atoms with van der Waals surface area (Å²) in [6, 6.07) is 15.5. The summed E-state index contributed by atoms with van der Waals surface area (Å²) >= 11 is 5.72. The van der Waals surface area contributed by atoms with Gasteiger partial charge in [0.25, 0.3) is 0 Å². The molecule has 0 aromatic heterocycles. The number of carbonyl (C=O) groups is 1. The van der Waals surface area contributed by atoms with Crippen molar-refractivity contribution in [3.8, 4) is 5.75 Å². The third-order valence-corrected chi connectivity index (χ3v) is 5.91. The summed E-state index contributed by atoms with van der Waals surface area (Å²) in [5.41, 5.74) is 1.95. The van der Waals surface area contributed by atoms with Gasteiger partial charge in [0.15, 0.2) is 5.11 Å². The van der Waals surface area contributed by atoms with E-state index in [9.17, 15) is 4.79 Å². The summed E-state index contributed by atoms with van der Waals surface area (Å²) in [6.07, 6.45) is 2.51. The number of nitrogens with one attached hydrogen (secondary N) is 1. The van der Waals surface area contributed by atoms with Gasteiger partial charge in [-0.1, -0.05) is 49.9 Å². The maximum Gasteiger partial charge on any atom is 0.317 e. The van der Waals surface area contributed by atoms with Crippen LogP contribution in [0.3, 0.4) is 0 Å². The molecule has 2 heterocycles. The minimum Gasteiger partial charge on any atom is -0.466 e. The van der Waals surface area contributed by atoms with Gasteiger partial charge in [-0.25, -0.2) is 0 Å².